The standard InChI is InChI=1S/2C11H11.2ClH.Zr/c2*1-2-9-7-8-10-5-3-4-6-11(9)10;;;/h2*3-8H,2H2,1H3;2*1H;/q2*-1;;;+2. The number of hydrogen-bond donors (Lipinski definition) is 0. The van der Waals surface area contributed by atoms with E-state index < -0.39 is 0 Å². The maximum atomic E-state index is 2.21. The van der Waals surface area contributed by atoms with Crippen LogP contribution >= 0.6 is 24.8 Å². The third kappa shape index (κ3) is 5.55. The Balaban J connectivity index is 0.000000411. The quantitative estimate of drug-likeness (QED) is 0.286. The normalized spacial score (nSPS) is 9.36. The fourth-order valence-corrected chi connectivity index (χ4v) is 3.05. The van der Waals surface area contributed by atoms with Gasteiger partial charge in [0.2, 0.25) is 0 Å². The zero-order valence-electron chi connectivity index (χ0n) is 14.7. The first kappa shape index (κ1) is 24.1. The van der Waals surface area contributed by atoms with Gasteiger partial charge >= 0.3 is 26.2 Å². The van der Waals surface area contributed by atoms with Crippen LogP contribution in [-0.2, 0) is 39.0 Å². The fourth-order valence-electron chi connectivity index (χ4n) is 3.05. The van der Waals surface area contributed by atoms with Gasteiger partial charge in [0, 0.05) is 0 Å². The predicted molar refractivity (Wildman–Crippen MR) is 112 cm³/mol. The Kier molecular flexibility index (Phi) is 11.3. The minimum absolute atomic E-state index is 0. The Bertz CT molecular complexity index is 800. The van der Waals surface area contributed by atoms with Crippen LogP contribution < -0.4 is 0 Å². The van der Waals surface area contributed by atoms with Crippen LogP contribution in [0.5, 0.6) is 0 Å². The van der Waals surface area contributed by atoms with Crippen LogP contribution in [-0.4, -0.2) is 0 Å². The molecule has 0 saturated heterocycles. The average Bonchev–Trinajstić information content (AvgIpc) is 3.19. The summed E-state index contributed by atoms with van der Waals surface area (Å²) >= 11 is 0. The SMILES string of the molecule is CC[c-]1ccc2ccccc21.CC[c-]1ccc2ccccc21.Cl.Cl.[Zr+2]. The van der Waals surface area contributed by atoms with E-state index in [9.17, 15) is 0 Å². The summed E-state index contributed by atoms with van der Waals surface area (Å²) in [4.78, 5) is 0. The van der Waals surface area contributed by atoms with Crippen molar-refractivity contribution in [3.05, 3.63) is 83.9 Å². The molecule has 0 nitrogen and oxygen atoms in total. The Hall–Kier alpha value is -0.877. The van der Waals surface area contributed by atoms with E-state index in [-0.39, 0.29) is 51.0 Å². The molecular weight excluding hydrogens is 426 g/mol. The summed E-state index contributed by atoms with van der Waals surface area (Å²) in [7, 11) is 0. The molecule has 3 heteroatoms. The van der Waals surface area contributed by atoms with Crippen LogP contribution in [0.4, 0.5) is 0 Å². The molecule has 0 radical (unpaired) electrons. The molecule has 0 spiro atoms. The van der Waals surface area contributed by atoms with Crippen molar-refractivity contribution in [1.29, 1.82) is 0 Å². The number of halogens is 2. The molecule has 0 amide bonds. The second-order valence-corrected chi connectivity index (χ2v) is 5.60. The Morgan fingerprint density at radius 3 is 1.32 bits per heavy atom. The molecule has 25 heavy (non-hydrogen) atoms. The molecule has 0 bridgehead atoms. The molecule has 0 saturated carbocycles. The van der Waals surface area contributed by atoms with E-state index in [0.29, 0.717) is 0 Å². The van der Waals surface area contributed by atoms with Gasteiger partial charge in [-0.3, -0.25) is 0 Å². The van der Waals surface area contributed by atoms with E-state index in [0.717, 1.165) is 12.8 Å². The van der Waals surface area contributed by atoms with Crippen LogP contribution in [0.1, 0.15) is 25.0 Å². The average molecular weight is 451 g/mol. The molecular formula is C22H24Cl2Zr. The molecule has 4 aromatic carbocycles. The van der Waals surface area contributed by atoms with E-state index >= 15 is 0 Å². The molecule has 0 aromatic heterocycles. The van der Waals surface area contributed by atoms with E-state index in [1.54, 1.807) is 0 Å². The summed E-state index contributed by atoms with van der Waals surface area (Å²) in [5, 5.41) is 5.55. The summed E-state index contributed by atoms with van der Waals surface area (Å²) < 4.78 is 0. The monoisotopic (exact) mass is 448 g/mol. The zero-order valence-corrected chi connectivity index (χ0v) is 18.7. The Labute approximate surface area is 182 Å². The van der Waals surface area contributed by atoms with Gasteiger partial charge < -0.3 is 0 Å². The molecule has 0 N–H and O–H groups in total. The van der Waals surface area contributed by atoms with Gasteiger partial charge in [-0.1, -0.05) is 38.8 Å². The molecule has 4 rings (SSSR count). The summed E-state index contributed by atoms with van der Waals surface area (Å²) in [5.74, 6) is 0. The number of aryl methyl sites for hydroxylation is 2. The van der Waals surface area contributed by atoms with Crippen molar-refractivity contribution in [2.75, 3.05) is 0 Å². The van der Waals surface area contributed by atoms with Crippen LogP contribution in [0.15, 0.2) is 72.8 Å². The summed E-state index contributed by atoms with van der Waals surface area (Å²) in [6, 6.07) is 25.9. The van der Waals surface area contributed by atoms with Gasteiger partial charge in [0.05, 0.1) is 0 Å². The number of rotatable bonds is 2. The molecule has 4 aromatic rings. The van der Waals surface area contributed by atoms with Crippen molar-refractivity contribution in [3.63, 3.8) is 0 Å². The molecule has 0 aliphatic carbocycles. The minimum Gasteiger partial charge on any atom is -0.168 e. The van der Waals surface area contributed by atoms with Crippen molar-refractivity contribution >= 4 is 46.4 Å². The Morgan fingerprint density at radius 1 is 0.600 bits per heavy atom. The Morgan fingerprint density at radius 2 is 0.960 bits per heavy atom. The van der Waals surface area contributed by atoms with Gasteiger partial charge in [0.25, 0.3) is 0 Å². The van der Waals surface area contributed by atoms with E-state index in [2.05, 4.69) is 86.6 Å². The van der Waals surface area contributed by atoms with Crippen LogP contribution in [0, 0.1) is 0 Å². The van der Waals surface area contributed by atoms with Crippen LogP contribution in [0.3, 0.4) is 0 Å². The number of hydrogen-bond acceptors (Lipinski definition) is 0. The topological polar surface area (TPSA) is 0 Å². The van der Waals surface area contributed by atoms with Gasteiger partial charge in [0.15, 0.2) is 0 Å². The second-order valence-electron chi connectivity index (χ2n) is 5.60. The van der Waals surface area contributed by atoms with E-state index in [4.69, 9.17) is 0 Å². The van der Waals surface area contributed by atoms with Gasteiger partial charge in [-0.05, 0) is 0 Å². The first-order valence-corrected chi connectivity index (χ1v) is 8.10. The molecule has 0 heterocycles. The predicted octanol–water partition coefficient (Wildman–Crippen LogP) is 7.08. The smallest absolute Gasteiger partial charge is 0.168 e. The molecule has 130 valence electrons. The van der Waals surface area contributed by atoms with Crippen molar-refractivity contribution in [2.45, 2.75) is 26.7 Å². The van der Waals surface area contributed by atoms with Gasteiger partial charge in [-0.25, -0.2) is 0 Å². The summed E-state index contributed by atoms with van der Waals surface area (Å²) in [6.07, 6.45) is 2.26. The fraction of sp³-hybridized carbons (Fsp3) is 0.182. The first-order valence-electron chi connectivity index (χ1n) is 8.10. The largest absolute Gasteiger partial charge is 2.00 e. The molecule has 0 aliphatic heterocycles. The number of fused-ring (bicyclic) bond motifs is 2. The molecule has 0 fully saturated rings. The van der Waals surface area contributed by atoms with Crippen LogP contribution in [0.2, 0.25) is 0 Å². The maximum absolute atomic E-state index is 2.21. The zero-order chi connectivity index (χ0) is 15.4. The van der Waals surface area contributed by atoms with E-state index in [1.807, 2.05) is 0 Å². The van der Waals surface area contributed by atoms with E-state index in [1.165, 1.54) is 32.7 Å². The molecule has 0 atom stereocenters. The first-order chi connectivity index (χ1) is 10.8. The summed E-state index contributed by atoms with van der Waals surface area (Å²) in [5.41, 5.74) is 2.92. The number of benzene rings is 2. The minimum atomic E-state index is 0. The van der Waals surface area contributed by atoms with Gasteiger partial charge in [0.1, 0.15) is 0 Å². The van der Waals surface area contributed by atoms with Crippen molar-refractivity contribution < 1.29 is 26.2 Å². The van der Waals surface area contributed by atoms with Gasteiger partial charge in [-0.2, -0.15) is 12.1 Å². The van der Waals surface area contributed by atoms with Crippen molar-refractivity contribution in [2.24, 2.45) is 0 Å². The van der Waals surface area contributed by atoms with Gasteiger partial charge in [-0.15, -0.1) is 106 Å². The maximum Gasteiger partial charge on any atom is 2.00 e. The molecule has 0 unspecified atom stereocenters. The summed E-state index contributed by atoms with van der Waals surface area (Å²) in [6.45, 7) is 4.39. The van der Waals surface area contributed by atoms with Crippen molar-refractivity contribution in [1.82, 2.24) is 0 Å². The molecule has 0 aliphatic rings. The third-order valence-corrected chi connectivity index (χ3v) is 4.30. The second kappa shape index (κ2) is 11.7. The van der Waals surface area contributed by atoms with Crippen LogP contribution in [0.25, 0.3) is 21.5 Å². The van der Waals surface area contributed by atoms with Crippen molar-refractivity contribution in [3.8, 4) is 0 Å². The third-order valence-electron chi connectivity index (χ3n) is 4.30.